The first-order valence-corrected chi connectivity index (χ1v) is 10.1. The SMILES string of the molecule is CC(Cn1ncc2ccccc2c1=O)NC(=O)N1CC2(CC=CC2)C1C(C)C. The summed E-state index contributed by atoms with van der Waals surface area (Å²) >= 11 is 0. The van der Waals surface area contributed by atoms with Crippen molar-refractivity contribution in [3.05, 3.63) is 53.0 Å². The molecule has 4 rings (SSSR count). The van der Waals surface area contributed by atoms with Crippen molar-refractivity contribution in [3.63, 3.8) is 0 Å². The lowest BCUT2D eigenvalue weighted by Crippen LogP contribution is -2.69. The number of nitrogens with one attached hydrogen (secondary N) is 1. The van der Waals surface area contributed by atoms with Gasteiger partial charge in [0.05, 0.1) is 18.1 Å². The van der Waals surface area contributed by atoms with Crippen molar-refractivity contribution in [2.24, 2.45) is 11.3 Å². The minimum absolute atomic E-state index is 0.0439. The first kappa shape index (κ1) is 18.7. The Morgan fingerprint density at radius 3 is 2.68 bits per heavy atom. The van der Waals surface area contributed by atoms with Crippen molar-refractivity contribution in [1.82, 2.24) is 20.0 Å². The van der Waals surface area contributed by atoms with E-state index in [1.54, 1.807) is 6.20 Å². The van der Waals surface area contributed by atoms with Gasteiger partial charge < -0.3 is 10.2 Å². The van der Waals surface area contributed by atoms with Crippen LogP contribution in [0.3, 0.4) is 0 Å². The number of aromatic nitrogens is 2. The molecule has 1 aromatic heterocycles. The highest BCUT2D eigenvalue weighted by Gasteiger charge is 2.55. The van der Waals surface area contributed by atoms with Gasteiger partial charge >= 0.3 is 6.03 Å². The van der Waals surface area contributed by atoms with Gasteiger partial charge in [0.1, 0.15) is 0 Å². The molecule has 2 heterocycles. The third-order valence-electron chi connectivity index (χ3n) is 6.13. The molecule has 1 aliphatic heterocycles. The summed E-state index contributed by atoms with van der Waals surface area (Å²) in [6.07, 6.45) is 8.31. The molecule has 2 aromatic rings. The Morgan fingerprint density at radius 1 is 1.25 bits per heavy atom. The fraction of sp³-hybridized carbons (Fsp3) is 0.500. The number of allylic oxidation sites excluding steroid dienone is 2. The van der Waals surface area contributed by atoms with Gasteiger partial charge in [-0.2, -0.15) is 5.10 Å². The number of amides is 2. The Balaban J connectivity index is 1.43. The number of nitrogens with zero attached hydrogens (tertiary/aromatic N) is 3. The van der Waals surface area contributed by atoms with Crippen LogP contribution in [-0.2, 0) is 6.54 Å². The molecular weight excluding hydrogens is 352 g/mol. The molecule has 0 radical (unpaired) electrons. The molecule has 6 heteroatoms. The second kappa shape index (κ2) is 7.08. The zero-order valence-corrected chi connectivity index (χ0v) is 16.8. The molecule has 1 N–H and O–H groups in total. The molecule has 6 nitrogen and oxygen atoms in total. The molecule has 1 spiro atoms. The average molecular weight is 380 g/mol. The molecule has 2 unspecified atom stereocenters. The van der Waals surface area contributed by atoms with Crippen molar-refractivity contribution in [2.75, 3.05) is 6.54 Å². The summed E-state index contributed by atoms with van der Waals surface area (Å²) in [7, 11) is 0. The fourth-order valence-electron chi connectivity index (χ4n) is 4.96. The molecule has 2 atom stereocenters. The third kappa shape index (κ3) is 3.11. The van der Waals surface area contributed by atoms with Crippen LogP contribution in [0, 0.1) is 11.3 Å². The van der Waals surface area contributed by atoms with Crippen LogP contribution in [0.1, 0.15) is 33.6 Å². The molecule has 1 aromatic carbocycles. The Morgan fingerprint density at radius 2 is 1.96 bits per heavy atom. The molecule has 2 aliphatic rings. The van der Waals surface area contributed by atoms with Gasteiger partial charge in [0.15, 0.2) is 0 Å². The van der Waals surface area contributed by atoms with Crippen molar-refractivity contribution >= 4 is 16.8 Å². The van der Waals surface area contributed by atoms with Crippen LogP contribution in [-0.4, -0.2) is 39.3 Å². The lowest BCUT2D eigenvalue weighted by molar-refractivity contribution is -0.0582. The predicted octanol–water partition coefficient (Wildman–Crippen LogP) is 3.17. The summed E-state index contributed by atoms with van der Waals surface area (Å²) in [6.45, 7) is 7.44. The van der Waals surface area contributed by atoms with E-state index in [9.17, 15) is 9.59 Å². The lowest BCUT2D eigenvalue weighted by atomic mass is 9.65. The van der Waals surface area contributed by atoms with Crippen LogP contribution in [0.4, 0.5) is 4.79 Å². The molecule has 1 aliphatic carbocycles. The van der Waals surface area contributed by atoms with Crippen LogP contribution >= 0.6 is 0 Å². The Hall–Kier alpha value is -2.63. The van der Waals surface area contributed by atoms with E-state index < -0.39 is 0 Å². The Bertz CT molecular complexity index is 970. The van der Waals surface area contributed by atoms with E-state index in [0.717, 1.165) is 24.8 Å². The molecular formula is C22H28N4O2. The van der Waals surface area contributed by atoms with Gasteiger partial charge in [-0.3, -0.25) is 4.79 Å². The highest BCUT2D eigenvalue weighted by molar-refractivity contribution is 5.80. The maximum Gasteiger partial charge on any atom is 0.317 e. The largest absolute Gasteiger partial charge is 0.334 e. The minimum Gasteiger partial charge on any atom is -0.334 e. The van der Waals surface area contributed by atoms with Gasteiger partial charge in [0.25, 0.3) is 5.56 Å². The molecule has 1 saturated heterocycles. The second-order valence-corrected chi connectivity index (χ2v) is 8.63. The molecule has 0 bridgehead atoms. The molecule has 148 valence electrons. The summed E-state index contributed by atoms with van der Waals surface area (Å²) in [5.74, 6) is 0.416. The van der Waals surface area contributed by atoms with Crippen LogP contribution in [0.25, 0.3) is 10.8 Å². The number of urea groups is 1. The smallest absolute Gasteiger partial charge is 0.317 e. The van der Waals surface area contributed by atoms with Crippen LogP contribution in [0.2, 0.25) is 0 Å². The summed E-state index contributed by atoms with van der Waals surface area (Å²) in [6, 6.07) is 7.45. The number of rotatable bonds is 4. The Labute approximate surface area is 165 Å². The van der Waals surface area contributed by atoms with Crippen molar-refractivity contribution < 1.29 is 4.79 Å². The molecule has 0 saturated carbocycles. The van der Waals surface area contributed by atoms with E-state index in [-0.39, 0.29) is 29.1 Å². The molecule has 2 amide bonds. The number of fused-ring (bicyclic) bond motifs is 1. The topological polar surface area (TPSA) is 67.2 Å². The zero-order valence-electron chi connectivity index (χ0n) is 16.8. The average Bonchev–Trinajstić information content (AvgIpc) is 3.13. The van der Waals surface area contributed by atoms with Crippen LogP contribution < -0.4 is 10.9 Å². The van der Waals surface area contributed by atoms with E-state index >= 15 is 0 Å². The number of carbonyl (C=O) groups excluding carboxylic acids is 1. The lowest BCUT2D eigenvalue weighted by Gasteiger charge is -2.58. The summed E-state index contributed by atoms with van der Waals surface area (Å²) < 4.78 is 1.44. The highest BCUT2D eigenvalue weighted by atomic mass is 16.2. The molecule has 1 fully saturated rings. The van der Waals surface area contributed by atoms with Crippen LogP contribution in [0.15, 0.2) is 47.4 Å². The van der Waals surface area contributed by atoms with E-state index in [4.69, 9.17) is 0 Å². The van der Waals surface area contributed by atoms with Crippen molar-refractivity contribution in [1.29, 1.82) is 0 Å². The van der Waals surface area contributed by atoms with Crippen molar-refractivity contribution in [2.45, 2.75) is 52.2 Å². The van der Waals surface area contributed by atoms with Gasteiger partial charge in [0.2, 0.25) is 0 Å². The van der Waals surface area contributed by atoms with E-state index in [0.29, 0.717) is 17.8 Å². The van der Waals surface area contributed by atoms with E-state index in [1.165, 1.54) is 4.68 Å². The fourth-order valence-corrected chi connectivity index (χ4v) is 4.96. The summed E-state index contributed by atoms with van der Waals surface area (Å²) in [4.78, 5) is 27.5. The van der Waals surface area contributed by atoms with E-state index in [2.05, 4.69) is 36.4 Å². The van der Waals surface area contributed by atoms with Gasteiger partial charge in [0, 0.05) is 29.4 Å². The monoisotopic (exact) mass is 380 g/mol. The van der Waals surface area contributed by atoms with Gasteiger partial charge in [-0.05, 0) is 31.7 Å². The maximum absolute atomic E-state index is 12.9. The standard InChI is InChI=1S/C22H28N4O2/c1-15(2)19-22(10-6-7-11-22)14-25(19)21(28)24-16(3)13-26-20(27)18-9-5-4-8-17(18)12-23-26/h4-9,12,15-16,19H,10-11,13-14H2,1-3H3,(H,24,28). The third-order valence-corrected chi connectivity index (χ3v) is 6.13. The zero-order chi connectivity index (χ0) is 19.9. The van der Waals surface area contributed by atoms with Gasteiger partial charge in [-0.1, -0.05) is 44.2 Å². The first-order chi connectivity index (χ1) is 13.4. The van der Waals surface area contributed by atoms with Gasteiger partial charge in [-0.25, -0.2) is 9.48 Å². The van der Waals surface area contributed by atoms with Crippen LogP contribution in [0.5, 0.6) is 0 Å². The summed E-state index contributed by atoms with van der Waals surface area (Å²) in [5.41, 5.74) is 0.102. The quantitative estimate of drug-likeness (QED) is 0.829. The highest BCUT2D eigenvalue weighted by Crippen LogP contribution is 2.50. The number of benzene rings is 1. The number of hydrogen-bond donors (Lipinski definition) is 1. The number of hydrogen-bond acceptors (Lipinski definition) is 3. The Kier molecular flexibility index (Phi) is 4.73. The summed E-state index contributed by atoms with van der Waals surface area (Å²) in [5, 5.41) is 8.81. The van der Waals surface area contributed by atoms with Gasteiger partial charge in [-0.15, -0.1) is 0 Å². The minimum atomic E-state index is -0.190. The number of carbonyl (C=O) groups is 1. The van der Waals surface area contributed by atoms with E-state index in [1.807, 2.05) is 36.1 Å². The maximum atomic E-state index is 12.9. The first-order valence-electron chi connectivity index (χ1n) is 10.1. The predicted molar refractivity (Wildman–Crippen MR) is 110 cm³/mol. The normalized spacial score (nSPS) is 21.3. The number of likely N-dealkylation sites (tertiary alicyclic amines) is 1. The molecule has 28 heavy (non-hydrogen) atoms. The second-order valence-electron chi connectivity index (χ2n) is 8.63. The van der Waals surface area contributed by atoms with Crippen molar-refractivity contribution in [3.8, 4) is 0 Å².